The zero-order chi connectivity index (χ0) is 16.3. The molecule has 2 aromatic rings. The fourth-order valence-corrected chi connectivity index (χ4v) is 3.82. The van der Waals surface area contributed by atoms with E-state index in [1.54, 1.807) is 6.07 Å². The second kappa shape index (κ2) is 6.42. The van der Waals surface area contributed by atoms with Crippen LogP contribution in [0.5, 0.6) is 0 Å². The molecule has 0 aromatic carbocycles. The number of H-pyrrole nitrogens is 1. The van der Waals surface area contributed by atoms with Crippen molar-refractivity contribution >= 4 is 33.1 Å². The van der Waals surface area contributed by atoms with E-state index in [-0.39, 0.29) is 28.1 Å². The van der Waals surface area contributed by atoms with Gasteiger partial charge in [0, 0.05) is 16.6 Å². The molecule has 0 aliphatic carbocycles. The third-order valence-corrected chi connectivity index (χ3v) is 5.92. The fraction of sp³-hybridized carbons (Fsp3) is 0.231. The minimum atomic E-state index is -3.46. The molecule has 2 heterocycles. The van der Waals surface area contributed by atoms with Crippen LogP contribution in [0.3, 0.4) is 0 Å². The summed E-state index contributed by atoms with van der Waals surface area (Å²) in [5.74, 6) is -0.491. The Kier molecular flexibility index (Phi) is 4.79. The summed E-state index contributed by atoms with van der Waals surface area (Å²) in [6.45, 7) is 1.62. The number of carbonyl (C=O) groups excluding carboxylic acids is 2. The lowest BCUT2D eigenvalue weighted by Gasteiger charge is -2.01. The van der Waals surface area contributed by atoms with Crippen molar-refractivity contribution in [2.45, 2.75) is 17.7 Å². The van der Waals surface area contributed by atoms with Crippen molar-refractivity contribution in [3.05, 3.63) is 40.5 Å². The van der Waals surface area contributed by atoms with E-state index < -0.39 is 10.0 Å². The van der Waals surface area contributed by atoms with Crippen molar-refractivity contribution < 1.29 is 18.0 Å². The maximum Gasteiger partial charge on any atom is 0.268 e. The molecule has 0 radical (unpaired) electrons. The zero-order valence-electron chi connectivity index (χ0n) is 12.0. The fourth-order valence-electron chi connectivity index (χ4n) is 1.69. The molecule has 0 unspecified atom stereocenters. The summed E-state index contributed by atoms with van der Waals surface area (Å²) in [5.41, 5.74) is 0.716. The van der Waals surface area contributed by atoms with Gasteiger partial charge in [-0.1, -0.05) is 0 Å². The minimum Gasteiger partial charge on any atom is -0.356 e. The Bertz CT molecular complexity index is 805. The molecular weight excluding hydrogens is 326 g/mol. The van der Waals surface area contributed by atoms with Gasteiger partial charge in [-0.2, -0.15) is 0 Å². The molecule has 118 valence electrons. The predicted molar refractivity (Wildman–Crippen MR) is 82.5 cm³/mol. The highest BCUT2D eigenvalue weighted by atomic mass is 32.2. The van der Waals surface area contributed by atoms with Gasteiger partial charge < -0.3 is 10.3 Å². The minimum absolute atomic E-state index is 0.129. The number of aromatic nitrogens is 1. The molecule has 2 aromatic heterocycles. The van der Waals surface area contributed by atoms with E-state index in [2.05, 4.69) is 15.0 Å². The third kappa shape index (κ3) is 3.62. The van der Waals surface area contributed by atoms with Crippen molar-refractivity contribution in [2.75, 3.05) is 7.05 Å². The van der Waals surface area contributed by atoms with Crippen molar-refractivity contribution in [3.8, 4) is 0 Å². The van der Waals surface area contributed by atoms with Gasteiger partial charge in [-0.25, -0.2) is 13.1 Å². The zero-order valence-corrected chi connectivity index (χ0v) is 13.6. The van der Waals surface area contributed by atoms with E-state index in [1.165, 1.54) is 32.3 Å². The summed E-state index contributed by atoms with van der Waals surface area (Å²) in [5, 5.41) is 2.66. The number of hydrogen-bond acceptors (Lipinski definition) is 5. The van der Waals surface area contributed by atoms with Crippen LogP contribution in [0.15, 0.2) is 28.6 Å². The molecule has 22 heavy (non-hydrogen) atoms. The van der Waals surface area contributed by atoms with Gasteiger partial charge in [-0.15, -0.1) is 11.3 Å². The third-order valence-electron chi connectivity index (χ3n) is 2.93. The Morgan fingerprint density at radius 3 is 2.64 bits per heavy atom. The van der Waals surface area contributed by atoms with Crippen LogP contribution in [0.25, 0.3) is 0 Å². The normalized spacial score (nSPS) is 11.4. The monoisotopic (exact) mass is 341 g/mol. The molecule has 0 aliphatic heterocycles. The molecular formula is C13H15N3O4S2. The molecule has 3 N–H and O–H groups in total. The molecule has 0 spiro atoms. The van der Waals surface area contributed by atoms with Gasteiger partial charge >= 0.3 is 0 Å². The average Bonchev–Trinajstić information content (AvgIpc) is 3.14. The smallest absolute Gasteiger partial charge is 0.268 e. The van der Waals surface area contributed by atoms with Crippen LogP contribution in [0, 0.1) is 0 Å². The Hall–Kier alpha value is -1.97. The summed E-state index contributed by atoms with van der Waals surface area (Å²) in [6, 6.07) is 4.61. The Morgan fingerprint density at radius 1 is 1.32 bits per heavy atom. The van der Waals surface area contributed by atoms with E-state index in [1.807, 2.05) is 0 Å². The van der Waals surface area contributed by atoms with Crippen LogP contribution in [-0.4, -0.2) is 32.1 Å². The summed E-state index contributed by atoms with van der Waals surface area (Å²) in [7, 11) is -2.12. The van der Waals surface area contributed by atoms with Gasteiger partial charge in [-0.3, -0.25) is 9.59 Å². The predicted octanol–water partition coefficient (Wildman–Crippen LogP) is 1.12. The molecule has 0 bridgehead atoms. The number of hydrogen-bond donors (Lipinski definition) is 3. The number of aromatic amines is 1. The number of thiophene rings is 1. The highest BCUT2D eigenvalue weighted by molar-refractivity contribution is 7.91. The molecule has 9 heteroatoms. The second-order valence-electron chi connectivity index (χ2n) is 4.47. The average molecular weight is 341 g/mol. The lowest BCUT2D eigenvalue weighted by Crippen LogP contribution is -2.22. The quantitative estimate of drug-likeness (QED) is 0.684. The molecule has 0 atom stereocenters. The van der Waals surface area contributed by atoms with Gasteiger partial charge in [0.25, 0.3) is 5.91 Å². The van der Waals surface area contributed by atoms with Crippen molar-refractivity contribution in [2.24, 2.45) is 0 Å². The standard InChI is InChI=1S/C13H15N3O4S2/c1-8(17)9-5-11(15-6-9)13(18)16-7-10-3-4-12(21-10)22(19,20)14-2/h3-6,14-15H,7H2,1-2H3,(H,16,18). The molecule has 7 nitrogen and oxygen atoms in total. The molecule has 1 amide bonds. The number of nitrogens with one attached hydrogen (secondary N) is 3. The Balaban J connectivity index is 2.01. The largest absolute Gasteiger partial charge is 0.356 e. The van der Waals surface area contributed by atoms with Crippen molar-refractivity contribution in [3.63, 3.8) is 0 Å². The van der Waals surface area contributed by atoms with E-state index in [4.69, 9.17) is 0 Å². The summed E-state index contributed by atoms with van der Waals surface area (Å²) in [4.78, 5) is 26.5. The summed E-state index contributed by atoms with van der Waals surface area (Å²) in [6.07, 6.45) is 1.47. The molecule has 0 aliphatic rings. The van der Waals surface area contributed by atoms with Crippen LogP contribution in [0.1, 0.15) is 32.6 Å². The number of ketones is 1. The highest BCUT2D eigenvalue weighted by Crippen LogP contribution is 2.21. The van der Waals surface area contributed by atoms with Crippen LogP contribution >= 0.6 is 11.3 Å². The van der Waals surface area contributed by atoms with E-state index >= 15 is 0 Å². The molecule has 0 fully saturated rings. The maximum absolute atomic E-state index is 11.9. The van der Waals surface area contributed by atoms with Crippen molar-refractivity contribution in [1.82, 2.24) is 15.0 Å². The Morgan fingerprint density at radius 2 is 2.05 bits per heavy atom. The summed E-state index contributed by atoms with van der Waals surface area (Å²) >= 11 is 1.08. The van der Waals surface area contributed by atoms with Crippen molar-refractivity contribution in [1.29, 1.82) is 0 Å². The number of carbonyl (C=O) groups is 2. The number of amides is 1. The van der Waals surface area contributed by atoms with E-state index in [0.29, 0.717) is 10.4 Å². The Labute approximate surface area is 131 Å². The maximum atomic E-state index is 11.9. The number of sulfonamides is 1. The molecule has 0 saturated carbocycles. The number of rotatable bonds is 6. The van der Waals surface area contributed by atoms with E-state index in [9.17, 15) is 18.0 Å². The molecule has 2 rings (SSSR count). The van der Waals surface area contributed by atoms with Gasteiger partial charge in [0.1, 0.15) is 9.90 Å². The van der Waals surface area contributed by atoms with Gasteiger partial charge in [-0.05, 0) is 32.2 Å². The topological polar surface area (TPSA) is 108 Å². The van der Waals surface area contributed by atoms with Gasteiger partial charge in [0.2, 0.25) is 10.0 Å². The van der Waals surface area contributed by atoms with Crippen LogP contribution in [-0.2, 0) is 16.6 Å². The lowest BCUT2D eigenvalue weighted by molar-refractivity contribution is 0.0946. The SMILES string of the molecule is CNS(=O)(=O)c1ccc(CNC(=O)c2cc(C(C)=O)c[nH]2)s1. The first-order valence-electron chi connectivity index (χ1n) is 6.33. The summed E-state index contributed by atoms with van der Waals surface area (Å²) < 4.78 is 25.7. The van der Waals surface area contributed by atoms with Crippen LogP contribution in [0.4, 0.5) is 0 Å². The van der Waals surface area contributed by atoms with E-state index in [0.717, 1.165) is 11.3 Å². The first-order valence-corrected chi connectivity index (χ1v) is 8.63. The van der Waals surface area contributed by atoms with Gasteiger partial charge in [0.15, 0.2) is 5.78 Å². The first kappa shape index (κ1) is 16.4. The highest BCUT2D eigenvalue weighted by Gasteiger charge is 2.15. The number of Topliss-reactive ketones (excluding diaryl/α,β-unsaturated/α-hetero) is 1. The lowest BCUT2D eigenvalue weighted by atomic mass is 10.2. The molecule has 0 saturated heterocycles. The van der Waals surface area contributed by atoms with Crippen LogP contribution in [0.2, 0.25) is 0 Å². The van der Waals surface area contributed by atoms with Gasteiger partial charge in [0.05, 0.1) is 6.54 Å². The first-order chi connectivity index (χ1) is 10.3. The second-order valence-corrected chi connectivity index (χ2v) is 7.75. The van der Waals surface area contributed by atoms with Crippen LogP contribution < -0.4 is 10.0 Å².